The van der Waals surface area contributed by atoms with E-state index >= 15 is 0 Å². The first kappa shape index (κ1) is 31.1. The molecule has 0 heterocycles. The van der Waals surface area contributed by atoms with Crippen LogP contribution in [0.2, 0.25) is 0 Å². The SMILES string of the molecule is Cc1ccc(/C=C/c2ccc(N=Nc3ccc(N=Nc4ccc(C)c(C(=O)O)c4)c(S(=O)(=O)O)c3)cc2)c(S(=O)(=O)O)c1. The fourth-order valence-electron chi connectivity index (χ4n) is 3.82. The van der Waals surface area contributed by atoms with E-state index in [2.05, 4.69) is 20.5 Å². The molecular weight excluding hydrogens is 596 g/mol. The molecule has 0 saturated heterocycles. The fraction of sp³-hybridized carbons (Fsp3) is 0.0690. The van der Waals surface area contributed by atoms with E-state index < -0.39 is 31.1 Å². The summed E-state index contributed by atoms with van der Waals surface area (Å²) in [5.41, 5.74) is 2.72. The minimum absolute atomic E-state index is 0.0174. The molecule has 12 nitrogen and oxygen atoms in total. The highest BCUT2D eigenvalue weighted by molar-refractivity contribution is 7.86. The van der Waals surface area contributed by atoms with Crippen LogP contribution in [0, 0.1) is 13.8 Å². The highest BCUT2D eigenvalue weighted by Gasteiger charge is 2.17. The van der Waals surface area contributed by atoms with Gasteiger partial charge in [0, 0.05) is 0 Å². The van der Waals surface area contributed by atoms with Gasteiger partial charge in [0.1, 0.15) is 15.5 Å². The Morgan fingerprint density at radius 3 is 1.88 bits per heavy atom. The number of carbonyl (C=O) groups is 1. The molecule has 14 heteroatoms. The number of azo groups is 2. The largest absolute Gasteiger partial charge is 0.478 e. The molecule has 0 unspecified atom stereocenters. The van der Waals surface area contributed by atoms with E-state index in [1.54, 1.807) is 62.4 Å². The third-order valence-corrected chi connectivity index (χ3v) is 7.81. The van der Waals surface area contributed by atoms with Crippen LogP contribution in [0.3, 0.4) is 0 Å². The van der Waals surface area contributed by atoms with E-state index in [1.807, 2.05) is 0 Å². The minimum atomic E-state index is -4.73. The van der Waals surface area contributed by atoms with Crippen LogP contribution >= 0.6 is 0 Å². The first-order valence-electron chi connectivity index (χ1n) is 12.4. The third kappa shape index (κ3) is 8.11. The molecule has 0 saturated carbocycles. The Balaban J connectivity index is 1.54. The van der Waals surface area contributed by atoms with Crippen LogP contribution in [-0.2, 0) is 20.2 Å². The molecule has 0 radical (unpaired) electrons. The molecule has 0 spiro atoms. The standard InChI is InChI=1S/C29H24N4O8S2/c1-18-3-8-21(27(15-18)42(36,37)38)9-5-20-6-11-22(12-7-20)30-31-24-13-14-26(28(17-24)43(39,40)41)33-32-23-10-4-19(2)25(16-23)29(34)35/h3-17H,1-2H3,(H,34,35)(H,36,37,38)(H,39,40,41)/b9-5+,31-30?,33-32?. The second-order valence-corrected chi connectivity index (χ2v) is 12.1. The van der Waals surface area contributed by atoms with E-state index in [1.165, 1.54) is 36.4 Å². The normalized spacial score (nSPS) is 12.5. The molecule has 0 atom stereocenters. The Morgan fingerprint density at radius 1 is 0.651 bits per heavy atom. The number of aryl methyl sites for hydroxylation is 2. The average molecular weight is 621 g/mol. The van der Waals surface area contributed by atoms with Gasteiger partial charge in [-0.3, -0.25) is 9.11 Å². The Labute approximate surface area is 247 Å². The van der Waals surface area contributed by atoms with Crippen molar-refractivity contribution in [3.05, 3.63) is 107 Å². The molecular formula is C29H24N4O8S2. The summed E-state index contributed by atoms with van der Waals surface area (Å²) in [6.07, 6.45) is 3.21. The summed E-state index contributed by atoms with van der Waals surface area (Å²) in [4.78, 5) is 10.6. The van der Waals surface area contributed by atoms with Gasteiger partial charge in [0.2, 0.25) is 0 Å². The lowest BCUT2D eigenvalue weighted by Gasteiger charge is -2.04. The summed E-state index contributed by atoms with van der Waals surface area (Å²) in [5.74, 6) is -1.15. The van der Waals surface area contributed by atoms with Crippen LogP contribution in [0.25, 0.3) is 12.2 Å². The summed E-state index contributed by atoms with van der Waals surface area (Å²) in [6.45, 7) is 3.33. The maximum absolute atomic E-state index is 12.0. The van der Waals surface area contributed by atoms with Crippen molar-refractivity contribution >= 4 is 61.1 Å². The van der Waals surface area contributed by atoms with Gasteiger partial charge in [0.15, 0.2) is 0 Å². The number of aromatic carboxylic acids is 1. The van der Waals surface area contributed by atoms with Gasteiger partial charge in [0.25, 0.3) is 20.2 Å². The molecule has 43 heavy (non-hydrogen) atoms. The highest BCUT2D eigenvalue weighted by atomic mass is 32.2. The number of carboxylic acids is 1. The zero-order valence-electron chi connectivity index (χ0n) is 22.6. The first-order chi connectivity index (χ1) is 20.2. The minimum Gasteiger partial charge on any atom is -0.478 e. The Kier molecular flexibility index (Phi) is 9.06. The summed E-state index contributed by atoms with van der Waals surface area (Å²) in [5, 5.41) is 25.2. The molecule has 0 aliphatic heterocycles. The van der Waals surface area contributed by atoms with Gasteiger partial charge in [-0.05, 0) is 84.6 Å². The summed E-state index contributed by atoms with van der Waals surface area (Å²) < 4.78 is 66.7. The van der Waals surface area contributed by atoms with Crippen molar-refractivity contribution in [2.75, 3.05) is 0 Å². The number of nitrogens with zero attached hydrogens (tertiary/aromatic N) is 4. The molecule has 0 amide bonds. The molecule has 3 N–H and O–H groups in total. The zero-order valence-corrected chi connectivity index (χ0v) is 24.3. The molecule has 4 rings (SSSR count). The molecule has 220 valence electrons. The number of carboxylic acid groups (broad SMARTS) is 1. The van der Waals surface area contributed by atoms with Gasteiger partial charge >= 0.3 is 5.97 Å². The molecule has 0 bridgehead atoms. The highest BCUT2D eigenvalue weighted by Crippen LogP contribution is 2.32. The molecule has 0 aliphatic rings. The van der Waals surface area contributed by atoms with Gasteiger partial charge in [-0.1, -0.05) is 42.5 Å². The number of hydrogen-bond donors (Lipinski definition) is 3. The number of benzene rings is 4. The lowest BCUT2D eigenvalue weighted by atomic mass is 10.1. The first-order valence-corrected chi connectivity index (χ1v) is 15.2. The molecule has 4 aromatic rings. The predicted octanol–water partition coefficient (Wildman–Crippen LogP) is 7.50. The van der Waals surface area contributed by atoms with E-state index in [4.69, 9.17) is 0 Å². The van der Waals surface area contributed by atoms with Crippen LogP contribution in [0.5, 0.6) is 0 Å². The Bertz CT molecular complexity index is 2020. The summed E-state index contributed by atoms with van der Waals surface area (Å²) in [6, 6.07) is 19.4. The second kappa shape index (κ2) is 12.5. The Hall–Kier alpha value is -4.89. The maximum Gasteiger partial charge on any atom is 0.336 e. The van der Waals surface area contributed by atoms with Crippen LogP contribution in [-0.4, -0.2) is 37.0 Å². The smallest absolute Gasteiger partial charge is 0.336 e. The lowest BCUT2D eigenvalue weighted by Crippen LogP contribution is -2.01. The van der Waals surface area contributed by atoms with Gasteiger partial charge in [-0.15, -0.1) is 5.11 Å². The summed E-state index contributed by atoms with van der Waals surface area (Å²) >= 11 is 0. The summed E-state index contributed by atoms with van der Waals surface area (Å²) in [7, 11) is -9.13. The lowest BCUT2D eigenvalue weighted by molar-refractivity contribution is 0.0696. The molecule has 4 aromatic carbocycles. The monoisotopic (exact) mass is 620 g/mol. The van der Waals surface area contributed by atoms with Gasteiger partial charge in [-0.25, -0.2) is 4.79 Å². The van der Waals surface area contributed by atoms with Crippen molar-refractivity contribution in [2.45, 2.75) is 23.6 Å². The molecule has 0 fully saturated rings. The number of hydrogen-bond acceptors (Lipinski definition) is 9. The van der Waals surface area contributed by atoms with Crippen molar-refractivity contribution in [3.63, 3.8) is 0 Å². The van der Waals surface area contributed by atoms with Crippen LogP contribution in [0.15, 0.2) is 109 Å². The van der Waals surface area contributed by atoms with E-state index in [0.717, 1.165) is 6.07 Å². The third-order valence-electron chi connectivity index (χ3n) is 6.02. The topological polar surface area (TPSA) is 195 Å². The van der Waals surface area contributed by atoms with E-state index in [-0.39, 0.29) is 27.5 Å². The number of rotatable bonds is 9. The molecule has 0 aliphatic carbocycles. The average Bonchev–Trinajstić information content (AvgIpc) is 2.94. The zero-order chi connectivity index (χ0) is 31.4. The van der Waals surface area contributed by atoms with Crippen LogP contribution in [0.1, 0.15) is 32.6 Å². The van der Waals surface area contributed by atoms with E-state index in [0.29, 0.717) is 27.9 Å². The van der Waals surface area contributed by atoms with Gasteiger partial charge in [0.05, 0.1) is 22.6 Å². The van der Waals surface area contributed by atoms with Crippen molar-refractivity contribution in [2.24, 2.45) is 20.5 Å². The fourth-order valence-corrected chi connectivity index (χ4v) is 5.24. The van der Waals surface area contributed by atoms with Crippen molar-refractivity contribution < 1.29 is 35.8 Å². The maximum atomic E-state index is 12.0. The van der Waals surface area contributed by atoms with Crippen LogP contribution < -0.4 is 0 Å². The van der Waals surface area contributed by atoms with Gasteiger partial charge in [-0.2, -0.15) is 32.2 Å². The van der Waals surface area contributed by atoms with Crippen LogP contribution in [0.4, 0.5) is 22.7 Å². The van der Waals surface area contributed by atoms with Gasteiger partial charge < -0.3 is 5.11 Å². The van der Waals surface area contributed by atoms with Crippen molar-refractivity contribution in [3.8, 4) is 0 Å². The molecule has 0 aromatic heterocycles. The van der Waals surface area contributed by atoms with E-state index in [9.17, 15) is 35.8 Å². The quantitative estimate of drug-likeness (QED) is 0.0971. The predicted molar refractivity (Wildman–Crippen MR) is 159 cm³/mol. The Morgan fingerprint density at radius 2 is 1.23 bits per heavy atom. The van der Waals surface area contributed by atoms with Crippen molar-refractivity contribution in [1.29, 1.82) is 0 Å². The van der Waals surface area contributed by atoms with Crippen molar-refractivity contribution in [1.82, 2.24) is 0 Å². The second-order valence-electron chi connectivity index (χ2n) is 9.27.